The van der Waals surface area contributed by atoms with Crippen LogP contribution in [0.5, 0.6) is 0 Å². The molecule has 0 aromatic carbocycles. The van der Waals surface area contributed by atoms with Gasteiger partial charge in [-0.15, -0.1) is 0 Å². The maximum Gasteiger partial charge on any atom is 0.402 e. The van der Waals surface area contributed by atoms with Gasteiger partial charge >= 0.3 is 6.18 Å². The number of aryl methyl sites for hydroxylation is 1. The highest BCUT2D eigenvalue weighted by Crippen LogP contribution is 2.24. The molecule has 1 heterocycles. The van der Waals surface area contributed by atoms with E-state index in [4.69, 9.17) is 5.73 Å². The third-order valence-corrected chi connectivity index (χ3v) is 4.47. The van der Waals surface area contributed by atoms with Gasteiger partial charge in [-0.05, 0) is 13.3 Å². The lowest BCUT2D eigenvalue weighted by Gasteiger charge is -2.22. The molecular weight excluding hydrogens is 297 g/mol. The number of nitrogens with two attached hydrogens (primary N) is 1. The summed E-state index contributed by atoms with van der Waals surface area (Å²) < 4.78 is 62.4. The first-order valence-electron chi connectivity index (χ1n) is 5.94. The van der Waals surface area contributed by atoms with Crippen molar-refractivity contribution < 1.29 is 21.6 Å². The first-order valence-corrected chi connectivity index (χ1v) is 7.38. The summed E-state index contributed by atoms with van der Waals surface area (Å²) in [6.07, 6.45) is -4.35. The highest BCUT2D eigenvalue weighted by molar-refractivity contribution is 7.89. The minimum Gasteiger partial charge on any atom is -0.326 e. The van der Waals surface area contributed by atoms with Crippen LogP contribution in [0.2, 0.25) is 0 Å². The molecule has 1 aromatic rings. The molecule has 116 valence electrons. The molecule has 0 atom stereocenters. The molecule has 0 aliphatic rings. The summed E-state index contributed by atoms with van der Waals surface area (Å²) in [7, 11) is -4.33. The number of aromatic amines is 1. The van der Waals surface area contributed by atoms with Gasteiger partial charge in [-0.3, -0.25) is 5.10 Å². The first-order chi connectivity index (χ1) is 9.13. The van der Waals surface area contributed by atoms with E-state index in [9.17, 15) is 21.6 Å². The van der Waals surface area contributed by atoms with E-state index in [0.29, 0.717) is 10.00 Å². The summed E-state index contributed by atoms with van der Waals surface area (Å²) in [5.41, 5.74) is 6.06. The highest BCUT2D eigenvalue weighted by atomic mass is 32.2. The average Bonchev–Trinajstić information content (AvgIpc) is 2.68. The van der Waals surface area contributed by atoms with Crippen LogP contribution in [0.25, 0.3) is 0 Å². The molecule has 0 aliphatic carbocycles. The Labute approximate surface area is 115 Å². The third kappa shape index (κ3) is 3.70. The van der Waals surface area contributed by atoms with Crippen molar-refractivity contribution in [2.24, 2.45) is 5.73 Å². The molecule has 0 spiro atoms. The number of H-pyrrole nitrogens is 1. The lowest BCUT2D eigenvalue weighted by Crippen LogP contribution is -2.40. The molecular formula is C10H17F3N4O2S. The van der Waals surface area contributed by atoms with E-state index in [1.807, 2.05) is 0 Å². The zero-order valence-electron chi connectivity index (χ0n) is 11.2. The molecule has 3 N–H and O–H groups in total. The van der Waals surface area contributed by atoms with Crippen LogP contribution in [0.15, 0.2) is 5.03 Å². The van der Waals surface area contributed by atoms with Crippen LogP contribution in [-0.4, -0.2) is 42.2 Å². The van der Waals surface area contributed by atoms with Crippen molar-refractivity contribution in [3.8, 4) is 0 Å². The molecule has 0 amide bonds. The number of sulfonamides is 1. The van der Waals surface area contributed by atoms with Crippen molar-refractivity contribution in [2.45, 2.75) is 38.0 Å². The average molecular weight is 314 g/mol. The summed E-state index contributed by atoms with van der Waals surface area (Å²) in [6.45, 7) is 1.25. The minimum atomic E-state index is -4.61. The lowest BCUT2D eigenvalue weighted by atomic mass is 10.3. The summed E-state index contributed by atoms with van der Waals surface area (Å²) in [4.78, 5) is 0. The normalized spacial score (nSPS) is 13.2. The van der Waals surface area contributed by atoms with Crippen molar-refractivity contribution in [3.63, 3.8) is 0 Å². The molecule has 0 saturated heterocycles. The quantitative estimate of drug-likeness (QED) is 0.823. The number of aromatic nitrogens is 2. The SMILES string of the molecule is CCCN(CC(F)(F)F)S(=O)(=O)c1n[nH]c(C)c1CN. The van der Waals surface area contributed by atoms with Crippen LogP contribution in [0.4, 0.5) is 13.2 Å². The van der Waals surface area contributed by atoms with Gasteiger partial charge in [-0.2, -0.15) is 22.6 Å². The zero-order valence-corrected chi connectivity index (χ0v) is 12.0. The van der Waals surface area contributed by atoms with E-state index in [2.05, 4.69) is 10.2 Å². The Morgan fingerprint density at radius 2 is 2.00 bits per heavy atom. The third-order valence-electron chi connectivity index (χ3n) is 2.65. The summed E-state index contributed by atoms with van der Waals surface area (Å²) in [5.74, 6) is 0. The lowest BCUT2D eigenvalue weighted by molar-refractivity contribution is -0.136. The fourth-order valence-corrected chi connectivity index (χ4v) is 3.43. The van der Waals surface area contributed by atoms with Gasteiger partial charge in [0.2, 0.25) is 0 Å². The fraction of sp³-hybridized carbons (Fsp3) is 0.700. The van der Waals surface area contributed by atoms with Gasteiger partial charge in [0.1, 0.15) is 6.54 Å². The van der Waals surface area contributed by atoms with Crippen molar-refractivity contribution >= 4 is 10.0 Å². The largest absolute Gasteiger partial charge is 0.402 e. The number of hydrogen-bond acceptors (Lipinski definition) is 4. The number of hydrogen-bond donors (Lipinski definition) is 2. The maximum atomic E-state index is 12.5. The van der Waals surface area contributed by atoms with Crippen molar-refractivity contribution in [1.29, 1.82) is 0 Å². The van der Waals surface area contributed by atoms with Gasteiger partial charge in [0, 0.05) is 24.3 Å². The Kier molecular flexibility index (Phi) is 5.16. The molecule has 0 bridgehead atoms. The molecule has 1 aromatic heterocycles. The van der Waals surface area contributed by atoms with E-state index < -0.39 is 27.8 Å². The Morgan fingerprint density at radius 1 is 1.40 bits per heavy atom. The molecule has 0 aliphatic heterocycles. The number of nitrogens with one attached hydrogen (secondary N) is 1. The molecule has 0 fully saturated rings. The van der Waals surface area contributed by atoms with Crippen molar-refractivity contribution in [3.05, 3.63) is 11.3 Å². The van der Waals surface area contributed by atoms with E-state index in [1.54, 1.807) is 13.8 Å². The molecule has 1 rings (SSSR count). The Hall–Kier alpha value is -1.13. The second-order valence-corrected chi connectivity index (χ2v) is 6.14. The van der Waals surface area contributed by atoms with Gasteiger partial charge in [0.25, 0.3) is 10.0 Å². The predicted octanol–water partition coefficient (Wildman–Crippen LogP) is 1.14. The van der Waals surface area contributed by atoms with Gasteiger partial charge in [-0.1, -0.05) is 6.92 Å². The molecule has 0 radical (unpaired) electrons. The number of halogens is 3. The van der Waals surface area contributed by atoms with E-state index >= 15 is 0 Å². The zero-order chi connectivity index (χ0) is 15.6. The summed E-state index contributed by atoms with van der Waals surface area (Å²) in [5, 5.41) is 5.59. The Balaban J connectivity index is 3.22. The minimum absolute atomic E-state index is 0.122. The van der Waals surface area contributed by atoms with Crippen LogP contribution < -0.4 is 5.73 Å². The van der Waals surface area contributed by atoms with Crippen LogP contribution >= 0.6 is 0 Å². The number of alkyl halides is 3. The van der Waals surface area contributed by atoms with E-state index in [1.165, 1.54) is 0 Å². The standard InChI is InChI=1S/C10H17F3N4O2S/c1-3-4-17(6-10(11,12)13)20(18,19)9-8(5-14)7(2)15-16-9/h3-6,14H2,1-2H3,(H,15,16). The van der Waals surface area contributed by atoms with Crippen LogP contribution in [-0.2, 0) is 16.6 Å². The van der Waals surface area contributed by atoms with Gasteiger partial charge in [0.15, 0.2) is 5.03 Å². The molecule has 10 heteroatoms. The van der Waals surface area contributed by atoms with Gasteiger partial charge < -0.3 is 5.73 Å². The van der Waals surface area contributed by atoms with Gasteiger partial charge in [0.05, 0.1) is 0 Å². The fourth-order valence-electron chi connectivity index (χ4n) is 1.74. The molecule has 20 heavy (non-hydrogen) atoms. The van der Waals surface area contributed by atoms with E-state index in [0.717, 1.165) is 0 Å². The summed E-state index contributed by atoms with van der Waals surface area (Å²) in [6, 6.07) is 0. The number of rotatable bonds is 6. The predicted molar refractivity (Wildman–Crippen MR) is 66.3 cm³/mol. The highest BCUT2D eigenvalue weighted by Gasteiger charge is 2.38. The van der Waals surface area contributed by atoms with Crippen LogP contribution in [0.1, 0.15) is 24.6 Å². The molecule has 0 unspecified atom stereocenters. The molecule has 6 nitrogen and oxygen atoms in total. The number of nitrogens with zero attached hydrogens (tertiary/aromatic N) is 2. The van der Waals surface area contributed by atoms with Gasteiger partial charge in [-0.25, -0.2) is 8.42 Å². The molecule has 0 saturated carbocycles. The summed E-state index contributed by atoms with van der Waals surface area (Å²) >= 11 is 0. The van der Waals surface area contributed by atoms with Crippen molar-refractivity contribution in [1.82, 2.24) is 14.5 Å². The second-order valence-electron chi connectivity index (χ2n) is 4.29. The van der Waals surface area contributed by atoms with Crippen molar-refractivity contribution in [2.75, 3.05) is 13.1 Å². The first kappa shape index (κ1) is 16.9. The van der Waals surface area contributed by atoms with E-state index in [-0.39, 0.29) is 25.1 Å². The topological polar surface area (TPSA) is 92.1 Å². The Bertz CT molecular complexity index is 553. The maximum absolute atomic E-state index is 12.5. The van der Waals surface area contributed by atoms with Crippen LogP contribution in [0.3, 0.4) is 0 Å². The second kappa shape index (κ2) is 6.10. The Morgan fingerprint density at radius 3 is 2.45 bits per heavy atom. The smallest absolute Gasteiger partial charge is 0.326 e. The monoisotopic (exact) mass is 314 g/mol. The van der Waals surface area contributed by atoms with Crippen LogP contribution in [0, 0.1) is 6.92 Å².